The van der Waals surface area contributed by atoms with Crippen molar-refractivity contribution in [2.24, 2.45) is 5.92 Å². The normalized spacial score (nSPS) is 24.5. The fourth-order valence-corrected chi connectivity index (χ4v) is 3.11. The quantitative estimate of drug-likeness (QED) is 0.697. The lowest BCUT2D eigenvalue weighted by atomic mass is 10.1. The van der Waals surface area contributed by atoms with Gasteiger partial charge in [-0.3, -0.25) is 4.90 Å². The summed E-state index contributed by atoms with van der Waals surface area (Å²) in [5.74, 6) is 0.841. The molecule has 2 heteroatoms. The first-order chi connectivity index (χ1) is 9.69. The van der Waals surface area contributed by atoms with Gasteiger partial charge in [0.1, 0.15) is 0 Å². The Morgan fingerprint density at radius 1 is 1.15 bits per heavy atom. The second-order valence-electron chi connectivity index (χ2n) is 6.34. The molecule has 118 valence electrons. The van der Waals surface area contributed by atoms with Crippen molar-refractivity contribution in [1.82, 2.24) is 9.80 Å². The van der Waals surface area contributed by atoms with Crippen molar-refractivity contribution in [3.05, 3.63) is 11.6 Å². The van der Waals surface area contributed by atoms with Crippen LogP contribution in [0.4, 0.5) is 0 Å². The zero-order chi connectivity index (χ0) is 15.0. The third kappa shape index (κ3) is 5.57. The van der Waals surface area contributed by atoms with Gasteiger partial charge in [-0.05, 0) is 38.1 Å². The molecule has 2 rings (SSSR count). The van der Waals surface area contributed by atoms with Crippen molar-refractivity contribution >= 4 is 0 Å². The molecule has 0 aromatic carbocycles. The SMILES string of the molecule is CC.CCC1=CC(N2CCN(CCC(C)C)CC2)CC1. The first-order valence-electron chi connectivity index (χ1n) is 8.85. The van der Waals surface area contributed by atoms with Gasteiger partial charge in [-0.1, -0.05) is 46.3 Å². The molecule has 0 N–H and O–H groups in total. The van der Waals surface area contributed by atoms with E-state index in [-0.39, 0.29) is 0 Å². The third-order valence-corrected chi connectivity index (χ3v) is 4.54. The van der Waals surface area contributed by atoms with Crippen LogP contribution in [0.25, 0.3) is 0 Å². The highest BCUT2D eigenvalue weighted by molar-refractivity contribution is 5.14. The summed E-state index contributed by atoms with van der Waals surface area (Å²) in [6, 6.07) is 0.757. The van der Waals surface area contributed by atoms with E-state index >= 15 is 0 Å². The fourth-order valence-electron chi connectivity index (χ4n) is 3.11. The molecular weight excluding hydrogens is 244 g/mol. The zero-order valence-corrected chi connectivity index (χ0v) is 14.5. The van der Waals surface area contributed by atoms with Gasteiger partial charge in [0.2, 0.25) is 0 Å². The van der Waals surface area contributed by atoms with Crippen LogP contribution in [0.3, 0.4) is 0 Å². The predicted molar refractivity (Wildman–Crippen MR) is 90.2 cm³/mol. The van der Waals surface area contributed by atoms with Crippen molar-refractivity contribution in [2.75, 3.05) is 32.7 Å². The van der Waals surface area contributed by atoms with Gasteiger partial charge in [0.15, 0.2) is 0 Å². The lowest BCUT2D eigenvalue weighted by molar-refractivity contribution is 0.108. The van der Waals surface area contributed by atoms with Crippen molar-refractivity contribution in [3.8, 4) is 0 Å². The van der Waals surface area contributed by atoms with Crippen molar-refractivity contribution in [2.45, 2.75) is 66.3 Å². The molecular formula is C18H36N2. The van der Waals surface area contributed by atoms with Crippen molar-refractivity contribution in [1.29, 1.82) is 0 Å². The molecule has 0 spiro atoms. The summed E-state index contributed by atoms with van der Waals surface area (Å²) in [6.45, 7) is 17.3. The second-order valence-corrected chi connectivity index (χ2v) is 6.34. The second kappa shape index (κ2) is 9.57. The monoisotopic (exact) mass is 280 g/mol. The zero-order valence-electron chi connectivity index (χ0n) is 14.5. The molecule has 1 aliphatic carbocycles. The Morgan fingerprint density at radius 3 is 2.30 bits per heavy atom. The Hall–Kier alpha value is -0.340. The minimum Gasteiger partial charge on any atom is -0.301 e. The number of allylic oxidation sites excluding steroid dienone is 1. The maximum atomic E-state index is 2.70. The van der Waals surface area contributed by atoms with Gasteiger partial charge in [0, 0.05) is 32.2 Å². The minimum atomic E-state index is 0.757. The summed E-state index contributed by atoms with van der Waals surface area (Å²) in [6.07, 6.45) is 7.86. The Kier molecular flexibility index (Phi) is 8.47. The predicted octanol–water partition coefficient (Wildman–Crippen LogP) is 4.18. The molecule has 0 saturated carbocycles. The number of hydrogen-bond donors (Lipinski definition) is 0. The summed E-state index contributed by atoms with van der Waals surface area (Å²) in [7, 11) is 0. The van der Waals surface area contributed by atoms with Crippen LogP contribution in [0.1, 0.15) is 60.3 Å². The van der Waals surface area contributed by atoms with Crippen LogP contribution in [0.5, 0.6) is 0 Å². The van der Waals surface area contributed by atoms with Crippen LogP contribution in [-0.4, -0.2) is 48.6 Å². The molecule has 2 aliphatic rings. The molecule has 0 bridgehead atoms. The van der Waals surface area contributed by atoms with Gasteiger partial charge in [-0.25, -0.2) is 0 Å². The molecule has 0 radical (unpaired) electrons. The third-order valence-electron chi connectivity index (χ3n) is 4.54. The van der Waals surface area contributed by atoms with Crippen LogP contribution in [-0.2, 0) is 0 Å². The minimum absolute atomic E-state index is 0.757. The summed E-state index contributed by atoms with van der Waals surface area (Å²) < 4.78 is 0. The van der Waals surface area contributed by atoms with E-state index in [0.29, 0.717) is 0 Å². The highest BCUT2D eigenvalue weighted by Crippen LogP contribution is 2.25. The maximum Gasteiger partial charge on any atom is 0.0284 e. The molecule has 0 amide bonds. The standard InChI is InChI=1S/C16H30N2.C2H6/c1-4-15-5-6-16(13-15)18-11-9-17(10-12-18)8-7-14(2)3;1-2/h13-14,16H,4-12H2,1-3H3;1-2H3. The molecule has 1 fully saturated rings. The van der Waals surface area contributed by atoms with Crippen LogP contribution in [0, 0.1) is 5.92 Å². The number of piperazine rings is 1. The van der Waals surface area contributed by atoms with Gasteiger partial charge in [-0.2, -0.15) is 0 Å². The number of hydrogen-bond acceptors (Lipinski definition) is 2. The van der Waals surface area contributed by atoms with E-state index in [1.54, 1.807) is 5.57 Å². The van der Waals surface area contributed by atoms with Gasteiger partial charge < -0.3 is 4.90 Å². The molecule has 2 nitrogen and oxygen atoms in total. The largest absolute Gasteiger partial charge is 0.301 e. The molecule has 0 aromatic rings. The van der Waals surface area contributed by atoms with E-state index in [0.717, 1.165) is 12.0 Å². The molecule has 1 unspecified atom stereocenters. The highest BCUT2D eigenvalue weighted by Gasteiger charge is 2.25. The van der Waals surface area contributed by atoms with Crippen molar-refractivity contribution < 1.29 is 0 Å². The van der Waals surface area contributed by atoms with Crippen LogP contribution < -0.4 is 0 Å². The first-order valence-corrected chi connectivity index (χ1v) is 8.85. The lowest BCUT2D eigenvalue weighted by Gasteiger charge is -2.37. The number of rotatable bonds is 5. The molecule has 20 heavy (non-hydrogen) atoms. The van der Waals surface area contributed by atoms with Gasteiger partial charge in [0.05, 0.1) is 0 Å². The Balaban J connectivity index is 0.000000956. The van der Waals surface area contributed by atoms with E-state index in [1.807, 2.05) is 13.8 Å². The summed E-state index contributed by atoms with van der Waals surface area (Å²) >= 11 is 0. The molecule has 1 atom stereocenters. The Bertz CT molecular complexity index is 275. The van der Waals surface area contributed by atoms with E-state index in [9.17, 15) is 0 Å². The topological polar surface area (TPSA) is 6.48 Å². The highest BCUT2D eigenvalue weighted by atomic mass is 15.3. The maximum absolute atomic E-state index is 2.70. The summed E-state index contributed by atoms with van der Waals surface area (Å²) in [5.41, 5.74) is 1.68. The van der Waals surface area contributed by atoms with Crippen LogP contribution >= 0.6 is 0 Å². The Morgan fingerprint density at radius 2 is 1.80 bits per heavy atom. The lowest BCUT2D eigenvalue weighted by Crippen LogP contribution is -2.49. The first kappa shape index (κ1) is 17.7. The number of nitrogens with zero attached hydrogens (tertiary/aromatic N) is 2. The summed E-state index contributed by atoms with van der Waals surface area (Å²) in [5, 5.41) is 0. The van der Waals surface area contributed by atoms with E-state index in [2.05, 4.69) is 36.6 Å². The Labute approximate surface area is 127 Å². The van der Waals surface area contributed by atoms with Crippen LogP contribution in [0.15, 0.2) is 11.6 Å². The van der Waals surface area contributed by atoms with Gasteiger partial charge in [0.25, 0.3) is 0 Å². The van der Waals surface area contributed by atoms with E-state index < -0.39 is 0 Å². The van der Waals surface area contributed by atoms with E-state index in [1.165, 1.54) is 58.4 Å². The molecule has 1 aliphatic heterocycles. The fraction of sp³-hybridized carbons (Fsp3) is 0.889. The summed E-state index contributed by atoms with van der Waals surface area (Å²) in [4.78, 5) is 5.35. The average molecular weight is 280 g/mol. The average Bonchev–Trinajstić information content (AvgIpc) is 2.97. The van der Waals surface area contributed by atoms with Crippen molar-refractivity contribution in [3.63, 3.8) is 0 Å². The molecule has 0 aromatic heterocycles. The van der Waals surface area contributed by atoms with Gasteiger partial charge in [-0.15, -0.1) is 0 Å². The molecule has 1 heterocycles. The molecule has 1 saturated heterocycles. The van der Waals surface area contributed by atoms with Crippen LogP contribution in [0.2, 0.25) is 0 Å². The van der Waals surface area contributed by atoms with Gasteiger partial charge >= 0.3 is 0 Å². The van der Waals surface area contributed by atoms with E-state index in [4.69, 9.17) is 0 Å². The smallest absolute Gasteiger partial charge is 0.0284 e.